The second-order valence-corrected chi connectivity index (χ2v) is 7.81. The van der Waals surface area contributed by atoms with Crippen LogP contribution in [0.1, 0.15) is 52.9 Å². The monoisotopic (exact) mass is 373 g/mol. The van der Waals surface area contributed by atoms with Gasteiger partial charge >= 0.3 is 0 Å². The minimum Gasteiger partial charge on any atom is -0.447 e. The number of carbonyl (C=O) groups excluding carboxylic acids is 1. The van der Waals surface area contributed by atoms with Crippen LogP contribution in [0.25, 0.3) is 0 Å². The summed E-state index contributed by atoms with van der Waals surface area (Å²) in [6, 6.07) is 4.69. The van der Waals surface area contributed by atoms with Crippen LogP contribution in [0.15, 0.2) is 29.0 Å². The van der Waals surface area contributed by atoms with Gasteiger partial charge in [0.25, 0.3) is 5.91 Å². The van der Waals surface area contributed by atoms with Gasteiger partial charge in [0.1, 0.15) is 5.76 Å². The van der Waals surface area contributed by atoms with E-state index in [-0.39, 0.29) is 17.7 Å². The van der Waals surface area contributed by atoms with Gasteiger partial charge in [0, 0.05) is 25.0 Å². The van der Waals surface area contributed by atoms with Crippen molar-refractivity contribution in [1.29, 1.82) is 0 Å². The van der Waals surface area contributed by atoms with Crippen LogP contribution >= 0.6 is 0 Å². The van der Waals surface area contributed by atoms with Crippen LogP contribution in [0.4, 0.5) is 8.78 Å². The van der Waals surface area contributed by atoms with Gasteiger partial charge in [-0.2, -0.15) is 0 Å². The first-order valence-corrected chi connectivity index (χ1v) is 9.53. The van der Waals surface area contributed by atoms with Crippen molar-refractivity contribution in [2.24, 2.45) is 5.92 Å². The molecule has 1 aromatic heterocycles. The van der Waals surface area contributed by atoms with Crippen LogP contribution in [0.3, 0.4) is 0 Å². The maximum atomic E-state index is 14.0. The van der Waals surface area contributed by atoms with E-state index in [1.807, 2.05) is 0 Å². The molecule has 5 nitrogen and oxygen atoms in total. The third-order valence-electron chi connectivity index (χ3n) is 6.44. The van der Waals surface area contributed by atoms with E-state index in [2.05, 4.69) is 10.3 Å². The van der Waals surface area contributed by atoms with Crippen LogP contribution in [-0.4, -0.2) is 41.5 Å². The van der Waals surface area contributed by atoms with Crippen molar-refractivity contribution in [1.82, 2.24) is 15.2 Å². The number of hydrogen-bond acceptors (Lipinski definition) is 4. The normalized spacial score (nSPS) is 27.6. The highest BCUT2D eigenvalue weighted by molar-refractivity contribution is 5.93. The first-order valence-electron chi connectivity index (χ1n) is 9.53. The first kappa shape index (κ1) is 16.9. The third-order valence-corrected chi connectivity index (χ3v) is 6.44. The summed E-state index contributed by atoms with van der Waals surface area (Å²) in [7, 11) is 0. The van der Waals surface area contributed by atoms with Crippen LogP contribution in [0.2, 0.25) is 0 Å². The molecule has 1 saturated carbocycles. The van der Waals surface area contributed by atoms with Gasteiger partial charge < -0.3 is 14.6 Å². The van der Waals surface area contributed by atoms with E-state index in [0.29, 0.717) is 54.9 Å². The zero-order chi connectivity index (χ0) is 18.5. The summed E-state index contributed by atoms with van der Waals surface area (Å²) in [5.41, 5.74) is 0.815. The highest BCUT2D eigenvalue weighted by Gasteiger charge is 2.50. The molecular weight excluding hydrogens is 352 g/mol. The Morgan fingerprint density at radius 1 is 1.26 bits per heavy atom. The zero-order valence-corrected chi connectivity index (χ0v) is 14.8. The zero-order valence-electron chi connectivity index (χ0n) is 14.8. The number of fused-ring (bicyclic) bond motifs is 1. The Hall–Kier alpha value is -2.28. The van der Waals surface area contributed by atoms with Gasteiger partial charge in [0.2, 0.25) is 0 Å². The highest BCUT2D eigenvalue weighted by Crippen LogP contribution is 2.48. The van der Waals surface area contributed by atoms with Crippen LogP contribution in [0.5, 0.6) is 0 Å². The smallest absolute Gasteiger partial charge is 0.276 e. The molecule has 0 radical (unpaired) electrons. The van der Waals surface area contributed by atoms with E-state index in [9.17, 15) is 13.6 Å². The number of amides is 1. The average Bonchev–Trinajstić information content (AvgIpc) is 3.41. The number of hydrogen-bond donors (Lipinski definition) is 1. The molecule has 3 saturated heterocycles. The molecule has 4 aliphatic rings. The molecule has 142 valence electrons. The summed E-state index contributed by atoms with van der Waals surface area (Å²) < 4.78 is 33.1. The standard InChI is InChI=1S/C20H21F2N3O2/c21-14-3-1-2-13(17(14)22)11-4-6-25(7-5-11)20(26)18-19(27-10-24-18)16-12-8-15(16)23-9-12/h1-3,10-12,15-16,23H,4-9H2. The fourth-order valence-electron chi connectivity index (χ4n) is 4.90. The van der Waals surface area contributed by atoms with E-state index in [0.717, 1.165) is 19.0 Å². The number of oxazole rings is 1. The van der Waals surface area contributed by atoms with E-state index < -0.39 is 11.6 Å². The van der Waals surface area contributed by atoms with Crippen molar-refractivity contribution in [2.45, 2.75) is 37.1 Å². The van der Waals surface area contributed by atoms with Crippen LogP contribution in [0, 0.1) is 17.6 Å². The minimum absolute atomic E-state index is 0.0757. The molecule has 4 heterocycles. The topological polar surface area (TPSA) is 58.4 Å². The van der Waals surface area contributed by atoms with Gasteiger partial charge in [-0.3, -0.25) is 4.79 Å². The first-order chi connectivity index (χ1) is 13.1. The Balaban J connectivity index is 1.29. The molecule has 4 fully saturated rings. The molecule has 2 bridgehead atoms. The Bertz CT molecular complexity index is 862. The lowest BCUT2D eigenvalue weighted by atomic mass is 9.72. The van der Waals surface area contributed by atoms with Crippen molar-refractivity contribution in [3.63, 3.8) is 0 Å². The molecule has 2 aromatic rings. The molecule has 27 heavy (non-hydrogen) atoms. The van der Waals surface area contributed by atoms with Crippen LogP contribution in [-0.2, 0) is 0 Å². The lowest BCUT2D eigenvalue weighted by Crippen LogP contribution is -2.40. The third kappa shape index (κ3) is 2.67. The Morgan fingerprint density at radius 2 is 2.07 bits per heavy atom. The fraction of sp³-hybridized carbons (Fsp3) is 0.500. The largest absolute Gasteiger partial charge is 0.447 e. The molecule has 3 unspecified atom stereocenters. The van der Waals surface area contributed by atoms with Crippen molar-refractivity contribution < 1.29 is 18.0 Å². The maximum Gasteiger partial charge on any atom is 0.276 e. The van der Waals surface area contributed by atoms with Crippen molar-refractivity contribution in [3.05, 3.63) is 53.2 Å². The second-order valence-electron chi connectivity index (χ2n) is 7.81. The van der Waals surface area contributed by atoms with Gasteiger partial charge in [-0.25, -0.2) is 13.8 Å². The molecule has 6 rings (SSSR count). The SMILES string of the molecule is O=C(c1ncoc1C1C2CNC1C2)N1CCC(c2cccc(F)c2F)CC1. The van der Waals surface area contributed by atoms with Crippen molar-refractivity contribution in [3.8, 4) is 0 Å². The van der Waals surface area contributed by atoms with Crippen LogP contribution < -0.4 is 5.32 Å². The molecule has 3 atom stereocenters. The molecule has 1 amide bonds. The van der Waals surface area contributed by atoms with Crippen molar-refractivity contribution in [2.75, 3.05) is 19.6 Å². The number of nitrogens with zero attached hydrogens (tertiary/aromatic N) is 2. The lowest BCUT2D eigenvalue weighted by Gasteiger charge is -2.34. The van der Waals surface area contributed by atoms with E-state index in [1.165, 1.54) is 12.5 Å². The Kier molecular flexibility index (Phi) is 4.00. The summed E-state index contributed by atoms with van der Waals surface area (Å²) in [4.78, 5) is 18.9. The average molecular weight is 373 g/mol. The van der Waals surface area contributed by atoms with Crippen molar-refractivity contribution >= 4 is 5.91 Å². The number of likely N-dealkylation sites (tertiary alicyclic amines) is 1. The summed E-state index contributed by atoms with van der Waals surface area (Å²) in [6.07, 6.45) is 3.70. The van der Waals surface area contributed by atoms with Gasteiger partial charge in [0.15, 0.2) is 23.7 Å². The number of carbonyl (C=O) groups is 1. The van der Waals surface area contributed by atoms with E-state index in [4.69, 9.17) is 4.42 Å². The molecule has 1 aliphatic carbocycles. The molecule has 7 heteroatoms. The predicted octanol–water partition coefficient (Wildman–Crippen LogP) is 3.05. The summed E-state index contributed by atoms with van der Waals surface area (Å²) in [5.74, 6) is -0.321. The molecule has 0 spiro atoms. The number of piperidine rings is 1. The van der Waals surface area contributed by atoms with E-state index >= 15 is 0 Å². The lowest BCUT2D eigenvalue weighted by molar-refractivity contribution is 0.0701. The minimum atomic E-state index is -0.818. The molecule has 1 aromatic carbocycles. The van der Waals surface area contributed by atoms with Gasteiger partial charge in [-0.1, -0.05) is 12.1 Å². The Labute approximate surface area is 155 Å². The molecule has 3 aliphatic heterocycles. The maximum absolute atomic E-state index is 14.0. The highest BCUT2D eigenvalue weighted by atomic mass is 19.2. The second kappa shape index (κ2) is 6.41. The van der Waals surface area contributed by atoms with Gasteiger partial charge in [-0.05, 0) is 49.3 Å². The van der Waals surface area contributed by atoms with Gasteiger partial charge in [-0.15, -0.1) is 0 Å². The predicted molar refractivity (Wildman–Crippen MR) is 93.4 cm³/mol. The summed E-state index contributed by atoms with van der Waals surface area (Å²) in [5, 5.41) is 3.43. The molecular formula is C20H21F2N3O2. The number of aromatic nitrogens is 1. The summed E-state index contributed by atoms with van der Waals surface area (Å²) >= 11 is 0. The number of rotatable bonds is 3. The number of halogens is 2. The summed E-state index contributed by atoms with van der Waals surface area (Å²) in [6.45, 7) is 1.97. The van der Waals surface area contributed by atoms with E-state index in [1.54, 1.807) is 11.0 Å². The number of benzene rings is 1. The number of nitrogens with one attached hydrogen (secondary N) is 1. The fourth-order valence-corrected chi connectivity index (χ4v) is 4.90. The van der Waals surface area contributed by atoms with Gasteiger partial charge in [0.05, 0.1) is 0 Å². The Morgan fingerprint density at radius 3 is 2.78 bits per heavy atom. The quantitative estimate of drug-likeness (QED) is 0.899. The molecule has 1 N–H and O–H groups in total.